The van der Waals surface area contributed by atoms with Crippen LogP contribution in [0.2, 0.25) is 0 Å². The highest BCUT2D eigenvalue weighted by molar-refractivity contribution is 7.08. The van der Waals surface area contributed by atoms with E-state index < -0.39 is 0 Å². The van der Waals surface area contributed by atoms with E-state index in [9.17, 15) is 4.79 Å². The summed E-state index contributed by atoms with van der Waals surface area (Å²) in [5.41, 5.74) is 2.23. The first kappa shape index (κ1) is 18.3. The Morgan fingerprint density at radius 3 is 2.46 bits per heavy atom. The highest BCUT2D eigenvalue weighted by atomic mass is 32.1. The molecule has 3 heterocycles. The zero-order valence-electron chi connectivity index (χ0n) is 15.8. The van der Waals surface area contributed by atoms with Crippen LogP contribution in [-0.2, 0) is 0 Å². The van der Waals surface area contributed by atoms with E-state index in [-0.39, 0.29) is 5.91 Å². The van der Waals surface area contributed by atoms with Crippen LogP contribution in [-0.4, -0.2) is 38.6 Å². The molecule has 1 amide bonds. The van der Waals surface area contributed by atoms with Gasteiger partial charge in [-0.15, -0.1) is 5.10 Å². The van der Waals surface area contributed by atoms with Gasteiger partial charge < -0.3 is 15.5 Å². The molecule has 1 aliphatic heterocycles. The lowest BCUT2D eigenvalue weighted by Crippen LogP contribution is -2.19. The van der Waals surface area contributed by atoms with Crippen LogP contribution in [0.3, 0.4) is 0 Å². The molecule has 9 heteroatoms. The minimum atomic E-state index is -0.199. The minimum absolute atomic E-state index is 0.199. The summed E-state index contributed by atoms with van der Waals surface area (Å²) in [6, 6.07) is 9.48. The highest BCUT2D eigenvalue weighted by Gasteiger charge is 2.15. The van der Waals surface area contributed by atoms with Crippen molar-refractivity contribution < 1.29 is 4.79 Å². The normalized spacial score (nSPS) is 13.6. The Morgan fingerprint density at radius 2 is 1.79 bits per heavy atom. The van der Waals surface area contributed by atoms with E-state index in [1.54, 1.807) is 6.92 Å². The first-order chi connectivity index (χ1) is 13.6. The Morgan fingerprint density at radius 1 is 1.07 bits per heavy atom. The molecule has 2 aromatic heterocycles. The number of anilines is 4. The summed E-state index contributed by atoms with van der Waals surface area (Å²) in [7, 11) is 0. The third-order valence-electron chi connectivity index (χ3n) is 4.53. The molecule has 0 atom stereocenters. The maximum Gasteiger partial charge on any atom is 0.269 e. The molecule has 1 fully saturated rings. The van der Waals surface area contributed by atoms with Crippen LogP contribution < -0.4 is 15.5 Å². The summed E-state index contributed by atoms with van der Waals surface area (Å²) in [5.74, 6) is 2.27. The quantitative estimate of drug-likeness (QED) is 0.682. The Bertz CT molecular complexity index is 980. The lowest BCUT2D eigenvalue weighted by atomic mass is 10.2. The topological polar surface area (TPSA) is 95.9 Å². The molecule has 0 unspecified atom stereocenters. The monoisotopic (exact) mass is 395 g/mol. The molecule has 0 spiro atoms. The summed E-state index contributed by atoms with van der Waals surface area (Å²) in [6.07, 6.45) is 2.41. The molecule has 144 valence electrons. The van der Waals surface area contributed by atoms with E-state index >= 15 is 0 Å². The van der Waals surface area contributed by atoms with Crippen LogP contribution in [0.15, 0.2) is 30.3 Å². The van der Waals surface area contributed by atoms with Gasteiger partial charge >= 0.3 is 0 Å². The third kappa shape index (κ3) is 4.09. The smallest absolute Gasteiger partial charge is 0.269 e. The van der Waals surface area contributed by atoms with Gasteiger partial charge in [-0.1, -0.05) is 4.49 Å². The fraction of sp³-hybridized carbons (Fsp3) is 0.316. The van der Waals surface area contributed by atoms with Gasteiger partial charge in [0.1, 0.15) is 22.3 Å². The number of carbonyl (C=O) groups is 1. The van der Waals surface area contributed by atoms with Gasteiger partial charge in [-0.2, -0.15) is 0 Å². The number of rotatable bonds is 5. The molecular weight excluding hydrogens is 374 g/mol. The summed E-state index contributed by atoms with van der Waals surface area (Å²) in [5, 5.41) is 10.0. The lowest BCUT2D eigenvalue weighted by molar-refractivity contribution is 0.103. The summed E-state index contributed by atoms with van der Waals surface area (Å²) >= 11 is 1.09. The molecule has 3 aromatic rings. The second kappa shape index (κ2) is 7.89. The van der Waals surface area contributed by atoms with Crippen LogP contribution in [0.1, 0.15) is 34.0 Å². The predicted molar refractivity (Wildman–Crippen MR) is 111 cm³/mol. The van der Waals surface area contributed by atoms with Gasteiger partial charge in [0, 0.05) is 30.5 Å². The van der Waals surface area contributed by atoms with Crippen molar-refractivity contribution in [3.8, 4) is 0 Å². The molecule has 2 N–H and O–H groups in total. The van der Waals surface area contributed by atoms with Crippen molar-refractivity contribution in [3.63, 3.8) is 0 Å². The van der Waals surface area contributed by atoms with Gasteiger partial charge in [0.15, 0.2) is 0 Å². The molecule has 0 aliphatic carbocycles. The number of aromatic nitrogens is 4. The first-order valence-electron chi connectivity index (χ1n) is 9.16. The zero-order valence-corrected chi connectivity index (χ0v) is 16.6. The number of nitrogens with zero attached hydrogens (tertiary/aromatic N) is 5. The molecular formula is C19H21N7OS. The van der Waals surface area contributed by atoms with Crippen molar-refractivity contribution >= 4 is 40.5 Å². The van der Waals surface area contributed by atoms with Crippen molar-refractivity contribution in [2.75, 3.05) is 28.6 Å². The van der Waals surface area contributed by atoms with E-state index in [2.05, 4.69) is 35.1 Å². The van der Waals surface area contributed by atoms with Crippen molar-refractivity contribution in [3.05, 3.63) is 46.7 Å². The largest absolute Gasteiger partial charge is 0.356 e. The number of nitrogens with one attached hydrogen (secondary N) is 2. The Hall–Kier alpha value is -3.07. The minimum Gasteiger partial charge on any atom is -0.356 e. The van der Waals surface area contributed by atoms with E-state index in [0.717, 1.165) is 47.8 Å². The van der Waals surface area contributed by atoms with Crippen LogP contribution in [0, 0.1) is 13.8 Å². The first-order valence-corrected chi connectivity index (χ1v) is 9.94. The average Bonchev–Trinajstić information content (AvgIpc) is 3.34. The number of aryl methyl sites for hydroxylation is 2. The van der Waals surface area contributed by atoms with Crippen molar-refractivity contribution in [1.29, 1.82) is 0 Å². The SMILES string of the molecule is Cc1nc(Nc2ccc(NC(=O)c3snnc3C)cc2)cc(N2CCCC2)n1. The average molecular weight is 395 g/mol. The number of amides is 1. The van der Waals surface area contributed by atoms with E-state index in [1.807, 2.05) is 37.3 Å². The predicted octanol–water partition coefficient (Wildman–Crippen LogP) is 3.54. The summed E-state index contributed by atoms with van der Waals surface area (Å²) in [6.45, 7) is 5.75. The van der Waals surface area contributed by atoms with Crippen molar-refractivity contribution in [2.45, 2.75) is 26.7 Å². The standard InChI is InChI=1S/C19H21N7OS/c1-12-18(28-25-24-12)19(27)23-15-7-5-14(6-8-15)22-16-11-17(21-13(2)20-16)26-9-3-4-10-26/h5-8,11H,3-4,9-10H2,1-2H3,(H,23,27)(H,20,21,22). The third-order valence-corrected chi connectivity index (χ3v) is 5.35. The molecule has 4 rings (SSSR count). The molecule has 1 aromatic carbocycles. The Kier molecular flexibility index (Phi) is 5.16. The molecule has 28 heavy (non-hydrogen) atoms. The molecule has 0 radical (unpaired) electrons. The van der Waals surface area contributed by atoms with Gasteiger partial charge in [0.2, 0.25) is 0 Å². The zero-order chi connectivity index (χ0) is 19.5. The van der Waals surface area contributed by atoms with Crippen molar-refractivity contribution in [1.82, 2.24) is 19.6 Å². The van der Waals surface area contributed by atoms with Gasteiger partial charge in [-0.25, -0.2) is 9.97 Å². The van der Waals surface area contributed by atoms with Crippen molar-refractivity contribution in [2.24, 2.45) is 0 Å². The highest BCUT2D eigenvalue weighted by Crippen LogP contribution is 2.24. The second-order valence-electron chi connectivity index (χ2n) is 6.70. The molecule has 0 bridgehead atoms. The van der Waals surface area contributed by atoms with Gasteiger partial charge in [0.25, 0.3) is 5.91 Å². The van der Waals surface area contributed by atoms with Gasteiger partial charge in [0.05, 0.1) is 5.69 Å². The summed E-state index contributed by atoms with van der Waals surface area (Å²) < 4.78 is 3.79. The van der Waals surface area contributed by atoms with Crippen LogP contribution in [0.25, 0.3) is 0 Å². The fourth-order valence-electron chi connectivity index (χ4n) is 3.14. The molecule has 0 saturated carbocycles. The molecule has 8 nitrogen and oxygen atoms in total. The Balaban J connectivity index is 1.44. The fourth-order valence-corrected chi connectivity index (χ4v) is 3.69. The van der Waals surface area contributed by atoms with E-state index in [1.165, 1.54) is 12.8 Å². The lowest BCUT2D eigenvalue weighted by Gasteiger charge is -2.18. The van der Waals surface area contributed by atoms with E-state index in [0.29, 0.717) is 16.3 Å². The maximum absolute atomic E-state index is 12.3. The number of benzene rings is 1. The summed E-state index contributed by atoms with van der Waals surface area (Å²) in [4.78, 5) is 24.1. The van der Waals surface area contributed by atoms with E-state index in [4.69, 9.17) is 0 Å². The van der Waals surface area contributed by atoms with Gasteiger partial charge in [-0.3, -0.25) is 4.79 Å². The molecule has 1 saturated heterocycles. The van der Waals surface area contributed by atoms with Gasteiger partial charge in [-0.05, 0) is 62.5 Å². The number of hydrogen-bond acceptors (Lipinski definition) is 8. The second-order valence-corrected chi connectivity index (χ2v) is 7.45. The number of hydrogen-bond donors (Lipinski definition) is 2. The Labute approximate surface area is 167 Å². The van der Waals surface area contributed by atoms with Crippen LogP contribution in [0.4, 0.5) is 23.0 Å². The van der Waals surface area contributed by atoms with Crippen LogP contribution >= 0.6 is 11.5 Å². The van der Waals surface area contributed by atoms with Crippen LogP contribution in [0.5, 0.6) is 0 Å². The molecule has 1 aliphatic rings. The maximum atomic E-state index is 12.3. The number of carbonyl (C=O) groups excluding carboxylic acids is 1.